The van der Waals surface area contributed by atoms with Crippen LogP contribution >= 0.6 is 0 Å². The zero-order valence-electron chi connectivity index (χ0n) is 38.2. The Hall–Kier alpha value is -9.18. The molecule has 0 saturated carbocycles. The van der Waals surface area contributed by atoms with Gasteiger partial charge in [0.25, 0.3) is 0 Å². The summed E-state index contributed by atoms with van der Waals surface area (Å²) in [6.45, 7) is 0. The Morgan fingerprint density at radius 2 is 0.900 bits per heavy atom. The van der Waals surface area contributed by atoms with E-state index < -0.39 is 0 Å². The van der Waals surface area contributed by atoms with E-state index in [0.29, 0.717) is 5.82 Å². The quantitative estimate of drug-likeness (QED) is 0.149. The minimum absolute atomic E-state index is 0.166. The van der Waals surface area contributed by atoms with E-state index in [4.69, 9.17) is 9.97 Å². The second-order valence-electron chi connectivity index (χ2n) is 18.5. The van der Waals surface area contributed by atoms with Crippen molar-refractivity contribution in [2.24, 2.45) is 0 Å². The van der Waals surface area contributed by atoms with Gasteiger partial charge in [0.1, 0.15) is 0 Å². The van der Waals surface area contributed by atoms with Gasteiger partial charge in [0.2, 0.25) is 0 Å². The van der Waals surface area contributed by atoms with Gasteiger partial charge >= 0.3 is 0 Å². The molecule has 1 aliphatic rings. The molecule has 14 rings (SSSR count). The van der Waals surface area contributed by atoms with Crippen LogP contribution in [0.4, 0.5) is 0 Å². The SMILES string of the molecule is c1ccc(-c2ccc3c4ccccc4n(-c4cc(-c5nc(-c6ccccc6)cc(-c6ccc7c(c6)-c6ccccc6C7c6ccccc6)n5)cc(-c5cc6ccccc6c6ccccc56)c4)c3c2)cc1. The van der Waals surface area contributed by atoms with Crippen molar-refractivity contribution in [1.29, 1.82) is 0 Å². The normalized spacial score (nSPS) is 13.0. The molecular formula is C67H43N3. The van der Waals surface area contributed by atoms with Crippen LogP contribution in [-0.4, -0.2) is 14.5 Å². The van der Waals surface area contributed by atoms with Gasteiger partial charge in [-0.3, -0.25) is 0 Å². The summed E-state index contributed by atoms with van der Waals surface area (Å²) in [7, 11) is 0. The molecule has 13 aromatic rings. The minimum atomic E-state index is 0.166. The summed E-state index contributed by atoms with van der Waals surface area (Å²) in [5.41, 5.74) is 19.2. The van der Waals surface area contributed by atoms with Crippen molar-refractivity contribution in [3.8, 4) is 73.0 Å². The molecule has 3 heteroatoms. The first-order valence-electron chi connectivity index (χ1n) is 24.1. The molecule has 0 aliphatic heterocycles. The maximum Gasteiger partial charge on any atom is 0.160 e. The third-order valence-corrected chi connectivity index (χ3v) is 14.4. The predicted molar refractivity (Wildman–Crippen MR) is 291 cm³/mol. The van der Waals surface area contributed by atoms with Gasteiger partial charge in [0.05, 0.1) is 22.4 Å². The molecule has 11 aromatic carbocycles. The van der Waals surface area contributed by atoms with Crippen LogP contribution in [0.25, 0.3) is 116 Å². The Kier molecular flexibility index (Phi) is 9.28. The fraction of sp³-hybridized carbons (Fsp3) is 0.0149. The van der Waals surface area contributed by atoms with Gasteiger partial charge < -0.3 is 4.57 Å². The summed E-state index contributed by atoms with van der Waals surface area (Å²) in [5, 5.41) is 7.27. The number of nitrogens with zero attached hydrogens (tertiary/aromatic N) is 3. The molecule has 2 heterocycles. The summed E-state index contributed by atoms with van der Waals surface area (Å²) in [6.07, 6.45) is 0. The lowest BCUT2D eigenvalue weighted by atomic mass is 9.89. The van der Waals surface area contributed by atoms with E-state index in [9.17, 15) is 0 Å². The molecule has 1 aliphatic carbocycles. The Morgan fingerprint density at radius 3 is 1.71 bits per heavy atom. The Labute approximate surface area is 406 Å². The maximum atomic E-state index is 5.59. The lowest BCUT2D eigenvalue weighted by Gasteiger charge is -2.17. The lowest BCUT2D eigenvalue weighted by molar-refractivity contribution is 1.01. The molecule has 70 heavy (non-hydrogen) atoms. The van der Waals surface area contributed by atoms with Crippen molar-refractivity contribution >= 4 is 43.4 Å². The van der Waals surface area contributed by atoms with E-state index in [2.05, 4.69) is 259 Å². The first-order chi connectivity index (χ1) is 34.7. The van der Waals surface area contributed by atoms with Crippen molar-refractivity contribution in [2.45, 2.75) is 5.92 Å². The van der Waals surface area contributed by atoms with Gasteiger partial charge in [-0.25, -0.2) is 9.97 Å². The second kappa shape index (κ2) is 16.3. The number of benzene rings is 11. The summed E-state index contributed by atoms with van der Waals surface area (Å²) >= 11 is 0. The van der Waals surface area contributed by atoms with Crippen LogP contribution in [0.15, 0.2) is 255 Å². The molecule has 1 atom stereocenters. The van der Waals surface area contributed by atoms with Crippen LogP contribution in [0, 0.1) is 0 Å². The van der Waals surface area contributed by atoms with Crippen LogP contribution in [0.2, 0.25) is 0 Å². The van der Waals surface area contributed by atoms with Crippen molar-refractivity contribution in [3.63, 3.8) is 0 Å². The van der Waals surface area contributed by atoms with Crippen molar-refractivity contribution in [2.75, 3.05) is 0 Å². The van der Waals surface area contributed by atoms with E-state index in [-0.39, 0.29) is 5.92 Å². The number of aromatic nitrogens is 3. The smallest absolute Gasteiger partial charge is 0.160 e. The van der Waals surface area contributed by atoms with Crippen LogP contribution in [0.5, 0.6) is 0 Å². The van der Waals surface area contributed by atoms with E-state index in [0.717, 1.165) is 55.9 Å². The van der Waals surface area contributed by atoms with Gasteiger partial charge in [-0.2, -0.15) is 0 Å². The molecule has 1 unspecified atom stereocenters. The highest BCUT2D eigenvalue weighted by molar-refractivity contribution is 6.14. The highest BCUT2D eigenvalue weighted by Crippen LogP contribution is 2.49. The lowest BCUT2D eigenvalue weighted by Crippen LogP contribution is -2.00. The van der Waals surface area contributed by atoms with Gasteiger partial charge in [-0.05, 0) is 120 Å². The summed E-state index contributed by atoms with van der Waals surface area (Å²) < 4.78 is 2.44. The molecule has 0 spiro atoms. The van der Waals surface area contributed by atoms with Crippen molar-refractivity contribution in [1.82, 2.24) is 14.5 Å². The molecule has 0 bridgehead atoms. The van der Waals surface area contributed by atoms with E-state index in [1.165, 1.54) is 71.3 Å². The summed E-state index contributed by atoms with van der Waals surface area (Å²) in [5.74, 6) is 0.831. The predicted octanol–water partition coefficient (Wildman–Crippen LogP) is 17.4. The Balaban J connectivity index is 1.03. The number of hydrogen-bond acceptors (Lipinski definition) is 2. The van der Waals surface area contributed by atoms with Crippen LogP contribution in [-0.2, 0) is 0 Å². The minimum Gasteiger partial charge on any atom is -0.309 e. The molecule has 0 fully saturated rings. The highest BCUT2D eigenvalue weighted by atomic mass is 15.0. The second-order valence-corrected chi connectivity index (χ2v) is 18.5. The fourth-order valence-electron chi connectivity index (χ4n) is 11.2. The van der Waals surface area contributed by atoms with Gasteiger partial charge in [-0.15, -0.1) is 0 Å². The van der Waals surface area contributed by atoms with Crippen molar-refractivity contribution in [3.05, 3.63) is 271 Å². The number of fused-ring (bicyclic) bond motifs is 9. The monoisotopic (exact) mass is 889 g/mol. The molecule has 0 amide bonds. The molecule has 0 radical (unpaired) electrons. The van der Waals surface area contributed by atoms with Crippen LogP contribution < -0.4 is 0 Å². The first kappa shape index (κ1) is 39.9. The van der Waals surface area contributed by atoms with E-state index >= 15 is 0 Å². The first-order valence-corrected chi connectivity index (χ1v) is 24.1. The zero-order valence-corrected chi connectivity index (χ0v) is 38.2. The molecule has 326 valence electrons. The topological polar surface area (TPSA) is 30.7 Å². The Morgan fingerprint density at radius 1 is 0.300 bits per heavy atom. The zero-order chi connectivity index (χ0) is 46.1. The highest BCUT2D eigenvalue weighted by Gasteiger charge is 2.30. The molecular weight excluding hydrogens is 847 g/mol. The third-order valence-electron chi connectivity index (χ3n) is 14.4. The fourth-order valence-corrected chi connectivity index (χ4v) is 11.2. The maximum absolute atomic E-state index is 5.59. The average Bonchev–Trinajstić information content (AvgIpc) is 3.95. The van der Waals surface area contributed by atoms with Gasteiger partial charge in [0.15, 0.2) is 5.82 Å². The van der Waals surface area contributed by atoms with E-state index in [1.54, 1.807) is 0 Å². The summed E-state index contributed by atoms with van der Waals surface area (Å²) in [4.78, 5) is 11.1. The van der Waals surface area contributed by atoms with E-state index in [1.807, 2.05) is 0 Å². The molecule has 2 aromatic heterocycles. The molecule has 0 N–H and O–H groups in total. The average molecular weight is 890 g/mol. The third kappa shape index (κ3) is 6.58. The molecule has 0 saturated heterocycles. The van der Waals surface area contributed by atoms with Crippen LogP contribution in [0.3, 0.4) is 0 Å². The summed E-state index contributed by atoms with van der Waals surface area (Å²) in [6, 6.07) is 92.6. The largest absolute Gasteiger partial charge is 0.309 e. The Bertz CT molecular complexity index is 4170. The molecule has 3 nitrogen and oxygen atoms in total. The van der Waals surface area contributed by atoms with Crippen LogP contribution in [0.1, 0.15) is 22.6 Å². The van der Waals surface area contributed by atoms with Gasteiger partial charge in [0, 0.05) is 39.1 Å². The number of hydrogen-bond donors (Lipinski definition) is 0. The van der Waals surface area contributed by atoms with Gasteiger partial charge in [-0.1, -0.05) is 206 Å². The van der Waals surface area contributed by atoms with Crippen molar-refractivity contribution < 1.29 is 0 Å². The number of para-hydroxylation sites is 1. The standard InChI is InChI=1S/C67H43N3/c1-4-18-43(19-5-1)46-32-34-57-56-29-16-17-31-64(56)70(65(57)41-46)51-37-49(60-39-47-24-10-11-25-52(47)53-26-12-13-27-54(53)60)36-50(38-51)67-68-62(44-20-6-2-7-21-44)42-63(69-67)48-33-35-59-61(40-48)55-28-14-15-30-58(55)66(59)45-22-8-3-9-23-45/h1-42,66H. The number of rotatable bonds is 7.